The van der Waals surface area contributed by atoms with Gasteiger partial charge in [-0.05, 0) is 38.0 Å². The highest BCUT2D eigenvalue weighted by Crippen LogP contribution is 2.25. The van der Waals surface area contributed by atoms with E-state index in [1.807, 2.05) is 14.0 Å². The zero-order valence-electron chi connectivity index (χ0n) is 14.4. The average Bonchev–Trinajstić information content (AvgIpc) is 2.77. The fourth-order valence-corrected chi connectivity index (χ4v) is 3.54. The molecule has 0 aliphatic carbocycles. The number of anilines is 1. The van der Waals surface area contributed by atoms with Crippen molar-refractivity contribution in [3.05, 3.63) is 45.7 Å². The van der Waals surface area contributed by atoms with E-state index in [9.17, 15) is 0 Å². The number of nitrogens with zero attached hydrogens (tertiary/aromatic N) is 4. The van der Waals surface area contributed by atoms with Gasteiger partial charge >= 0.3 is 0 Å². The summed E-state index contributed by atoms with van der Waals surface area (Å²) in [6.07, 6.45) is 0. The lowest BCUT2D eigenvalue weighted by Crippen LogP contribution is -2.46. The monoisotopic (exact) mass is 332 g/mol. The van der Waals surface area contributed by atoms with E-state index in [2.05, 4.69) is 46.9 Å². The second kappa shape index (κ2) is 6.54. The van der Waals surface area contributed by atoms with Crippen LogP contribution in [0.2, 0.25) is 5.15 Å². The highest BCUT2D eigenvalue weighted by molar-refractivity contribution is 6.30. The minimum absolute atomic E-state index is 0.763. The Morgan fingerprint density at radius 2 is 1.78 bits per heavy atom. The third-order valence-electron chi connectivity index (χ3n) is 4.94. The van der Waals surface area contributed by atoms with Gasteiger partial charge in [0.15, 0.2) is 0 Å². The maximum Gasteiger partial charge on any atom is 0.131 e. The summed E-state index contributed by atoms with van der Waals surface area (Å²) >= 11 is 6.36. The molecule has 4 nitrogen and oxygen atoms in total. The summed E-state index contributed by atoms with van der Waals surface area (Å²) in [6.45, 7) is 11.5. The summed E-state index contributed by atoms with van der Waals surface area (Å²) in [4.78, 5) is 4.97. The van der Waals surface area contributed by atoms with Crippen molar-refractivity contribution in [3.63, 3.8) is 0 Å². The molecule has 3 rings (SSSR count). The van der Waals surface area contributed by atoms with Crippen molar-refractivity contribution in [3.8, 4) is 0 Å². The molecule has 1 fully saturated rings. The molecule has 1 saturated heterocycles. The van der Waals surface area contributed by atoms with Crippen LogP contribution in [0.3, 0.4) is 0 Å². The molecule has 0 unspecified atom stereocenters. The smallest absolute Gasteiger partial charge is 0.131 e. The van der Waals surface area contributed by atoms with Crippen LogP contribution in [0, 0.1) is 20.8 Å². The lowest BCUT2D eigenvalue weighted by atomic mass is 10.1. The van der Waals surface area contributed by atoms with Crippen molar-refractivity contribution in [2.45, 2.75) is 27.3 Å². The van der Waals surface area contributed by atoms with Gasteiger partial charge in [0.2, 0.25) is 0 Å². The summed E-state index contributed by atoms with van der Waals surface area (Å²) in [6, 6.07) is 6.57. The topological polar surface area (TPSA) is 24.3 Å². The number of halogens is 1. The second-order valence-electron chi connectivity index (χ2n) is 6.46. The highest BCUT2D eigenvalue weighted by atomic mass is 35.5. The molecule has 124 valence electrons. The Kier molecular flexibility index (Phi) is 4.64. The first-order valence-corrected chi connectivity index (χ1v) is 8.56. The largest absolute Gasteiger partial charge is 0.369 e. The molecule has 0 radical (unpaired) electrons. The van der Waals surface area contributed by atoms with Crippen LogP contribution in [-0.4, -0.2) is 40.9 Å². The minimum atomic E-state index is 0.763. The molecule has 5 heteroatoms. The van der Waals surface area contributed by atoms with Crippen LogP contribution in [0.25, 0.3) is 0 Å². The van der Waals surface area contributed by atoms with Gasteiger partial charge in [-0.25, -0.2) is 0 Å². The number of aryl methyl sites for hydroxylation is 3. The van der Waals surface area contributed by atoms with Crippen LogP contribution in [-0.2, 0) is 13.6 Å². The maximum absolute atomic E-state index is 6.36. The average molecular weight is 333 g/mol. The minimum Gasteiger partial charge on any atom is -0.369 e. The first-order chi connectivity index (χ1) is 11.0. The molecule has 1 aliphatic rings. The standard InChI is InChI=1S/C18H25ClN4/c1-13-6-5-7-17(14(13)2)23-10-8-22(9-11-23)12-16-15(3)20-21(4)18(16)19/h5-7H,8-12H2,1-4H3. The lowest BCUT2D eigenvalue weighted by molar-refractivity contribution is 0.249. The molecule has 1 aromatic heterocycles. The second-order valence-corrected chi connectivity index (χ2v) is 6.82. The Morgan fingerprint density at radius 3 is 2.39 bits per heavy atom. The van der Waals surface area contributed by atoms with E-state index < -0.39 is 0 Å². The predicted molar refractivity (Wildman–Crippen MR) is 96.4 cm³/mol. The third kappa shape index (κ3) is 3.24. The number of hydrogen-bond donors (Lipinski definition) is 0. The van der Waals surface area contributed by atoms with Gasteiger partial charge in [-0.1, -0.05) is 23.7 Å². The molecule has 1 aliphatic heterocycles. The molecule has 0 N–H and O–H groups in total. The number of benzene rings is 1. The summed E-state index contributed by atoms with van der Waals surface area (Å²) in [5, 5.41) is 5.17. The van der Waals surface area contributed by atoms with Crippen LogP contribution in [0.5, 0.6) is 0 Å². The Bertz CT molecular complexity index is 699. The van der Waals surface area contributed by atoms with E-state index in [0.717, 1.165) is 49.1 Å². The highest BCUT2D eigenvalue weighted by Gasteiger charge is 2.21. The third-order valence-corrected chi connectivity index (χ3v) is 5.41. The van der Waals surface area contributed by atoms with Crippen molar-refractivity contribution in [2.75, 3.05) is 31.1 Å². The van der Waals surface area contributed by atoms with Crippen LogP contribution < -0.4 is 4.90 Å². The van der Waals surface area contributed by atoms with Crippen LogP contribution in [0.1, 0.15) is 22.4 Å². The van der Waals surface area contributed by atoms with Crippen LogP contribution in [0.15, 0.2) is 18.2 Å². The predicted octanol–water partition coefficient (Wildman–Crippen LogP) is 3.32. The fraction of sp³-hybridized carbons (Fsp3) is 0.500. The first-order valence-electron chi connectivity index (χ1n) is 8.19. The summed E-state index contributed by atoms with van der Waals surface area (Å²) in [5.74, 6) is 0. The van der Waals surface area contributed by atoms with Gasteiger partial charge in [-0.3, -0.25) is 9.58 Å². The van der Waals surface area contributed by atoms with E-state index in [1.54, 1.807) is 4.68 Å². The summed E-state index contributed by atoms with van der Waals surface area (Å²) in [5.41, 5.74) is 6.33. The molecule has 0 bridgehead atoms. The van der Waals surface area contributed by atoms with E-state index in [1.165, 1.54) is 16.8 Å². The zero-order valence-corrected chi connectivity index (χ0v) is 15.2. The molecule has 2 heterocycles. The Labute approximate surface area is 143 Å². The Hall–Kier alpha value is -1.52. The van der Waals surface area contributed by atoms with E-state index in [-0.39, 0.29) is 0 Å². The fourth-order valence-electron chi connectivity index (χ4n) is 3.30. The van der Waals surface area contributed by atoms with Gasteiger partial charge in [0.25, 0.3) is 0 Å². The zero-order chi connectivity index (χ0) is 16.6. The van der Waals surface area contributed by atoms with Gasteiger partial charge < -0.3 is 4.90 Å². The van der Waals surface area contributed by atoms with Crippen LogP contribution in [0.4, 0.5) is 5.69 Å². The molecule has 0 atom stereocenters. The first kappa shape index (κ1) is 16.3. The lowest BCUT2D eigenvalue weighted by Gasteiger charge is -2.37. The number of piperazine rings is 1. The Balaban J connectivity index is 1.66. The molecule has 0 spiro atoms. The van der Waals surface area contributed by atoms with Crippen molar-refractivity contribution >= 4 is 17.3 Å². The molecular weight excluding hydrogens is 308 g/mol. The van der Waals surface area contributed by atoms with E-state index >= 15 is 0 Å². The van der Waals surface area contributed by atoms with E-state index in [4.69, 9.17) is 11.6 Å². The normalized spacial score (nSPS) is 16.1. The number of rotatable bonds is 3. The number of aromatic nitrogens is 2. The van der Waals surface area contributed by atoms with Gasteiger partial charge in [-0.15, -0.1) is 0 Å². The van der Waals surface area contributed by atoms with Crippen molar-refractivity contribution < 1.29 is 0 Å². The van der Waals surface area contributed by atoms with Gasteiger partial charge in [-0.2, -0.15) is 5.10 Å². The molecule has 1 aromatic carbocycles. The summed E-state index contributed by atoms with van der Waals surface area (Å²) in [7, 11) is 1.90. The SMILES string of the molecule is Cc1cccc(N2CCN(Cc3c(C)nn(C)c3Cl)CC2)c1C. The van der Waals surface area contributed by atoms with Gasteiger partial charge in [0, 0.05) is 51.0 Å². The van der Waals surface area contributed by atoms with Crippen molar-refractivity contribution in [1.29, 1.82) is 0 Å². The molecule has 0 saturated carbocycles. The molecule has 23 heavy (non-hydrogen) atoms. The molecule has 2 aromatic rings. The number of hydrogen-bond acceptors (Lipinski definition) is 3. The summed E-state index contributed by atoms with van der Waals surface area (Å²) < 4.78 is 1.76. The van der Waals surface area contributed by atoms with Gasteiger partial charge in [0.1, 0.15) is 5.15 Å². The van der Waals surface area contributed by atoms with Gasteiger partial charge in [0.05, 0.1) is 5.69 Å². The maximum atomic E-state index is 6.36. The molecular formula is C18H25ClN4. The van der Waals surface area contributed by atoms with Crippen LogP contribution >= 0.6 is 11.6 Å². The Morgan fingerprint density at radius 1 is 1.09 bits per heavy atom. The molecule has 0 amide bonds. The van der Waals surface area contributed by atoms with E-state index in [0.29, 0.717) is 0 Å². The van der Waals surface area contributed by atoms with Crippen molar-refractivity contribution in [1.82, 2.24) is 14.7 Å². The van der Waals surface area contributed by atoms with Crippen molar-refractivity contribution in [2.24, 2.45) is 7.05 Å². The quantitative estimate of drug-likeness (QED) is 0.861.